The second-order valence-electron chi connectivity index (χ2n) is 4.43. The second kappa shape index (κ2) is 8.86. The molecule has 0 radical (unpaired) electrons. The van der Waals surface area contributed by atoms with Crippen molar-refractivity contribution in [2.24, 2.45) is 5.73 Å². The molecule has 0 aromatic heterocycles. The molecule has 0 aliphatic carbocycles. The van der Waals surface area contributed by atoms with E-state index in [1.807, 2.05) is 0 Å². The first-order chi connectivity index (χ1) is 9.28. The molecule has 0 spiro atoms. The van der Waals surface area contributed by atoms with Crippen LogP contribution in [0, 0.1) is 0 Å². The molecule has 1 amide bonds. The van der Waals surface area contributed by atoms with Gasteiger partial charge in [0.05, 0.1) is 12.6 Å². The van der Waals surface area contributed by atoms with Crippen molar-refractivity contribution in [3.63, 3.8) is 0 Å². The Labute approximate surface area is 127 Å². The summed E-state index contributed by atoms with van der Waals surface area (Å²) in [6, 6.07) is 6.19. The summed E-state index contributed by atoms with van der Waals surface area (Å²) in [5, 5.41) is 2.62. The Balaban J connectivity index is 0.00000400. The highest BCUT2D eigenvalue weighted by Crippen LogP contribution is 2.16. The van der Waals surface area contributed by atoms with Crippen LogP contribution in [-0.4, -0.2) is 24.7 Å². The first kappa shape index (κ1) is 19.7. The van der Waals surface area contributed by atoms with Gasteiger partial charge in [0.1, 0.15) is 6.61 Å². The van der Waals surface area contributed by atoms with Crippen molar-refractivity contribution in [2.75, 3.05) is 6.61 Å². The van der Waals surface area contributed by atoms with Crippen LogP contribution in [0.2, 0.25) is 0 Å². The first-order valence-corrected chi connectivity index (χ1v) is 6.03. The fourth-order valence-electron chi connectivity index (χ4n) is 1.46. The molecule has 3 N–H and O–H groups in total. The number of benzene rings is 1. The maximum absolute atomic E-state index is 11.9. The molecule has 1 atom stereocenters. The van der Waals surface area contributed by atoms with Gasteiger partial charge < -0.3 is 15.8 Å². The molecule has 0 saturated heterocycles. The number of rotatable bonds is 6. The van der Waals surface area contributed by atoms with Gasteiger partial charge in [-0.05, 0) is 18.1 Å². The number of nitrogens with one attached hydrogen (secondary N) is 1. The summed E-state index contributed by atoms with van der Waals surface area (Å²) in [7, 11) is 0. The molecule has 8 heteroatoms. The Morgan fingerprint density at radius 2 is 2.00 bits per heavy atom. The minimum atomic E-state index is -4.33. The molecule has 0 heterocycles. The number of ether oxygens (including phenoxy) is 1. The van der Waals surface area contributed by atoms with Gasteiger partial charge in [-0.25, -0.2) is 0 Å². The monoisotopic (exact) mass is 326 g/mol. The van der Waals surface area contributed by atoms with Crippen LogP contribution in [0.4, 0.5) is 13.2 Å². The highest BCUT2D eigenvalue weighted by molar-refractivity contribution is 5.85. The normalized spacial score (nSPS) is 12.4. The summed E-state index contributed by atoms with van der Waals surface area (Å²) in [5.41, 5.74) is 6.78. The van der Waals surface area contributed by atoms with Crippen LogP contribution >= 0.6 is 12.4 Å². The van der Waals surface area contributed by atoms with E-state index in [0.29, 0.717) is 5.56 Å². The van der Waals surface area contributed by atoms with Gasteiger partial charge >= 0.3 is 6.18 Å². The van der Waals surface area contributed by atoms with Gasteiger partial charge in [0, 0.05) is 6.54 Å². The van der Waals surface area contributed by atoms with Crippen molar-refractivity contribution < 1.29 is 22.7 Å². The molecule has 1 rings (SSSR count). The number of carbonyl (C=O) groups is 1. The van der Waals surface area contributed by atoms with Crippen LogP contribution in [0.1, 0.15) is 18.1 Å². The highest BCUT2D eigenvalue weighted by atomic mass is 35.5. The molecular weight excluding hydrogens is 309 g/mol. The minimum Gasteiger partial charge on any atom is -0.367 e. The molecule has 0 unspecified atom stereocenters. The standard InChI is InChI=1S/C13H17F3N2O2.ClH/c1-9(17)12(19)18-6-10-3-2-4-11(5-10)7-20-8-13(14,15)16;/h2-5,9H,6-8,17H2,1H3,(H,18,19);1H/t9-;/m1./s1. The summed E-state index contributed by atoms with van der Waals surface area (Å²) in [4.78, 5) is 11.3. The number of halogens is 4. The quantitative estimate of drug-likeness (QED) is 0.842. The van der Waals surface area contributed by atoms with Crippen molar-refractivity contribution in [3.8, 4) is 0 Å². The van der Waals surface area contributed by atoms with Crippen molar-refractivity contribution in [1.82, 2.24) is 5.32 Å². The summed E-state index contributed by atoms with van der Waals surface area (Å²) in [6.45, 7) is 0.428. The third-order valence-corrected chi connectivity index (χ3v) is 2.41. The average Bonchev–Trinajstić information content (AvgIpc) is 2.34. The third-order valence-electron chi connectivity index (χ3n) is 2.41. The van der Waals surface area contributed by atoms with Crippen molar-refractivity contribution in [3.05, 3.63) is 35.4 Å². The SMILES string of the molecule is C[C@@H](N)C(=O)NCc1cccc(COCC(F)(F)F)c1.Cl. The van der Waals surface area contributed by atoms with E-state index in [1.165, 1.54) is 0 Å². The molecule has 1 aromatic rings. The molecule has 0 aliphatic heterocycles. The lowest BCUT2D eigenvalue weighted by Crippen LogP contribution is -2.37. The maximum atomic E-state index is 11.9. The molecule has 21 heavy (non-hydrogen) atoms. The molecular formula is C13H18ClF3N2O2. The maximum Gasteiger partial charge on any atom is 0.411 e. The van der Waals surface area contributed by atoms with E-state index in [4.69, 9.17) is 5.73 Å². The van der Waals surface area contributed by atoms with Crippen LogP contribution in [0.5, 0.6) is 0 Å². The predicted molar refractivity (Wildman–Crippen MR) is 74.9 cm³/mol. The van der Waals surface area contributed by atoms with Crippen molar-refractivity contribution >= 4 is 18.3 Å². The average molecular weight is 327 g/mol. The van der Waals surface area contributed by atoms with Crippen molar-refractivity contribution in [1.29, 1.82) is 0 Å². The molecule has 1 aromatic carbocycles. The Morgan fingerprint density at radius 3 is 2.57 bits per heavy atom. The van der Waals surface area contributed by atoms with Gasteiger partial charge in [0.15, 0.2) is 0 Å². The zero-order valence-corrected chi connectivity index (χ0v) is 12.3. The fraction of sp³-hybridized carbons (Fsp3) is 0.462. The van der Waals surface area contributed by atoms with Crippen molar-refractivity contribution in [2.45, 2.75) is 32.3 Å². The lowest BCUT2D eigenvalue weighted by atomic mass is 10.1. The summed E-state index contributed by atoms with van der Waals surface area (Å²) in [5.74, 6) is -0.288. The fourth-order valence-corrected chi connectivity index (χ4v) is 1.46. The predicted octanol–water partition coefficient (Wildman–Crippen LogP) is 2.15. The Bertz CT molecular complexity index is 453. The second-order valence-corrected chi connectivity index (χ2v) is 4.43. The summed E-state index contributed by atoms with van der Waals surface area (Å²) >= 11 is 0. The van der Waals surface area contributed by atoms with Gasteiger partial charge in [-0.2, -0.15) is 13.2 Å². The number of hydrogen-bond acceptors (Lipinski definition) is 3. The number of nitrogens with two attached hydrogens (primary N) is 1. The van der Waals surface area contributed by atoms with E-state index in [0.717, 1.165) is 5.56 Å². The molecule has 0 aliphatic rings. The van der Waals surface area contributed by atoms with Gasteiger partial charge in [-0.1, -0.05) is 24.3 Å². The minimum absolute atomic E-state index is 0. The lowest BCUT2D eigenvalue weighted by Gasteiger charge is -2.10. The topological polar surface area (TPSA) is 64.4 Å². The molecule has 0 bridgehead atoms. The van der Waals surface area contributed by atoms with E-state index in [9.17, 15) is 18.0 Å². The number of amides is 1. The Hall–Kier alpha value is -1.31. The van der Waals surface area contributed by atoms with E-state index in [-0.39, 0.29) is 31.5 Å². The van der Waals surface area contributed by atoms with Gasteiger partial charge in [-0.15, -0.1) is 12.4 Å². The molecule has 120 valence electrons. The number of alkyl halides is 3. The first-order valence-electron chi connectivity index (χ1n) is 6.03. The van der Waals surface area contributed by atoms with E-state index in [1.54, 1.807) is 31.2 Å². The van der Waals surface area contributed by atoms with Gasteiger partial charge in [-0.3, -0.25) is 4.79 Å². The number of carbonyl (C=O) groups excluding carboxylic acids is 1. The largest absolute Gasteiger partial charge is 0.411 e. The van der Waals surface area contributed by atoms with E-state index in [2.05, 4.69) is 10.1 Å². The van der Waals surface area contributed by atoms with Gasteiger partial charge in [0.2, 0.25) is 5.91 Å². The lowest BCUT2D eigenvalue weighted by molar-refractivity contribution is -0.176. The zero-order valence-electron chi connectivity index (χ0n) is 11.4. The summed E-state index contributed by atoms with van der Waals surface area (Å²) < 4.78 is 40.4. The molecule has 0 saturated carbocycles. The Kier molecular flexibility index (Phi) is 8.31. The third kappa shape index (κ3) is 8.54. The zero-order chi connectivity index (χ0) is 15.2. The highest BCUT2D eigenvalue weighted by Gasteiger charge is 2.27. The Morgan fingerprint density at radius 1 is 1.38 bits per heavy atom. The smallest absolute Gasteiger partial charge is 0.367 e. The van der Waals surface area contributed by atoms with Crippen LogP contribution in [-0.2, 0) is 22.7 Å². The summed E-state index contributed by atoms with van der Waals surface area (Å²) in [6.07, 6.45) is -4.33. The van der Waals surface area contributed by atoms with E-state index >= 15 is 0 Å². The van der Waals surface area contributed by atoms with Gasteiger partial charge in [0.25, 0.3) is 0 Å². The molecule has 0 fully saturated rings. The van der Waals surface area contributed by atoms with Crippen LogP contribution < -0.4 is 11.1 Å². The van der Waals surface area contributed by atoms with E-state index < -0.39 is 18.8 Å². The number of hydrogen-bond donors (Lipinski definition) is 2. The molecule has 4 nitrogen and oxygen atoms in total. The van der Waals surface area contributed by atoms with Crippen LogP contribution in [0.3, 0.4) is 0 Å². The van der Waals surface area contributed by atoms with Crippen LogP contribution in [0.15, 0.2) is 24.3 Å². The van der Waals surface area contributed by atoms with Crippen LogP contribution in [0.25, 0.3) is 0 Å².